The minimum atomic E-state index is -3.47. The zero-order valence-electron chi connectivity index (χ0n) is 17.5. The van der Waals surface area contributed by atoms with Gasteiger partial charge in [-0.25, -0.2) is 13.2 Å². The van der Waals surface area contributed by atoms with Gasteiger partial charge >= 0.3 is 6.03 Å². The monoisotopic (exact) mass is 437 g/mol. The summed E-state index contributed by atoms with van der Waals surface area (Å²) in [5.74, 6) is -0.0479. The van der Waals surface area contributed by atoms with Crippen LogP contribution in [0, 0.1) is 0 Å². The van der Waals surface area contributed by atoms with Gasteiger partial charge in [-0.3, -0.25) is 0 Å². The highest BCUT2D eigenvalue weighted by Gasteiger charge is 2.18. The second-order valence-electron chi connectivity index (χ2n) is 7.99. The number of sulfone groups is 1. The van der Waals surface area contributed by atoms with Crippen molar-refractivity contribution in [3.8, 4) is 0 Å². The first-order valence-electron chi connectivity index (χ1n) is 10.5. The van der Waals surface area contributed by atoms with Crippen molar-refractivity contribution in [3.63, 3.8) is 0 Å². The summed E-state index contributed by atoms with van der Waals surface area (Å²) in [6, 6.07) is 11.7. The van der Waals surface area contributed by atoms with Gasteiger partial charge in [-0.1, -0.05) is 36.4 Å². The topological polar surface area (TPSA) is 87.3 Å². The van der Waals surface area contributed by atoms with Crippen LogP contribution in [0.25, 0.3) is 0 Å². The van der Waals surface area contributed by atoms with E-state index < -0.39 is 9.84 Å². The molecule has 162 valence electrons. The molecule has 1 atom stereocenters. The molecule has 2 aromatic carbocycles. The quantitative estimate of drug-likeness (QED) is 0.636. The minimum Gasteiger partial charge on any atom is -0.331 e. The average molecular weight is 438 g/mol. The van der Waals surface area contributed by atoms with E-state index in [0.717, 1.165) is 42.6 Å². The van der Waals surface area contributed by atoms with Crippen LogP contribution in [0.15, 0.2) is 71.2 Å². The number of allylic oxidation sites excluding steroid dienone is 2. The summed E-state index contributed by atoms with van der Waals surface area (Å²) in [6.07, 6.45) is 8.27. The average Bonchev–Trinajstić information content (AvgIpc) is 3.22. The van der Waals surface area contributed by atoms with Gasteiger partial charge in [-0.2, -0.15) is 0 Å². The molecule has 0 aromatic heterocycles. The van der Waals surface area contributed by atoms with Gasteiger partial charge < -0.3 is 16.0 Å². The second kappa shape index (κ2) is 9.08. The lowest BCUT2D eigenvalue weighted by Crippen LogP contribution is -2.37. The fraction of sp³-hybridized carbons (Fsp3) is 0.292. The van der Waals surface area contributed by atoms with Crippen molar-refractivity contribution >= 4 is 21.6 Å². The van der Waals surface area contributed by atoms with Crippen LogP contribution >= 0.6 is 0 Å². The van der Waals surface area contributed by atoms with Crippen LogP contribution in [0.1, 0.15) is 36.5 Å². The van der Waals surface area contributed by atoms with Gasteiger partial charge in [0.15, 0.2) is 9.84 Å². The lowest BCUT2D eigenvalue weighted by atomic mass is 10.0. The molecule has 2 aliphatic rings. The molecule has 31 heavy (non-hydrogen) atoms. The number of rotatable bonds is 6. The predicted octanol–water partition coefficient (Wildman–Crippen LogP) is 4.05. The fourth-order valence-corrected chi connectivity index (χ4v) is 5.22. The Bertz CT molecular complexity index is 1140. The molecule has 2 aromatic rings. The first kappa shape index (κ1) is 21.3. The minimum absolute atomic E-state index is 0.0479. The zero-order chi connectivity index (χ0) is 21.8. The van der Waals surface area contributed by atoms with Gasteiger partial charge in [0, 0.05) is 18.8 Å². The van der Waals surface area contributed by atoms with E-state index in [0.29, 0.717) is 5.69 Å². The summed E-state index contributed by atoms with van der Waals surface area (Å²) < 4.78 is 25.7. The Hall–Kier alpha value is -2.90. The first-order chi connectivity index (χ1) is 14.9. The Labute approximate surface area is 183 Å². The van der Waals surface area contributed by atoms with Crippen molar-refractivity contribution in [3.05, 3.63) is 83.0 Å². The van der Waals surface area contributed by atoms with Crippen molar-refractivity contribution in [2.45, 2.75) is 49.5 Å². The summed E-state index contributed by atoms with van der Waals surface area (Å²) in [6.45, 7) is 3.54. The molecule has 4 rings (SSSR count). The number of amides is 2. The number of fused-ring (bicyclic) bond motifs is 1. The maximum atomic E-state index is 12.8. The molecule has 1 unspecified atom stereocenters. The van der Waals surface area contributed by atoms with Crippen molar-refractivity contribution in [1.29, 1.82) is 0 Å². The van der Waals surface area contributed by atoms with Gasteiger partial charge in [0.05, 0.1) is 16.7 Å². The molecule has 3 N–H and O–H groups in total. The maximum absolute atomic E-state index is 12.8. The molecule has 2 amide bonds. The third-order valence-corrected chi connectivity index (χ3v) is 7.30. The Morgan fingerprint density at radius 3 is 2.58 bits per heavy atom. The largest absolute Gasteiger partial charge is 0.331 e. The number of benzene rings is 2. The number of nitrogens with one attached hydrogen (secondary N) is 3. The summed E-state index contributed by atoms with van der Waals surface area (Å²) >= 11 is 0. The maximum Gasteiger partial charge on any atom is 0.319 e. The molecule has 0 saturated heterocycles. The standard InChI is InChI=1S/C24H27N3O3S/c1-17(19-5-3-2-4-6-19)26-24(28)27-22-9-11-23(12-10-22)31(29,30)16-18-7-8-20-14-25-15-21(20)13-18/h3,5-13,17,25H,2,4,14-16H2,1H3,(H2,26,27,28). The van der Waals surface area contributed by atoms with Crippen molar-refractivity contribution < 1.29 is 13.2 Å². The first-order valence-corrected chi connectivity index (χ1v) is 12.1. The van der Waals surface area contributed by atoms with Crippen LogP contribution in [-0.4, -0.2) is 20.5 Å². The normalized spacial score (nSPS) is 16.4. The van der Waals surface area contributed by atoms with E-state index in [9.17, 15) is 13.2 Å². The smallest absolute Gasteiger partial charge is 0.319 e. The summed E-state index contributed by atoms with van der Waals surface area (Å²) in [4.78, 5) is 12.5. The number of carbonyl (C=O) groups excluding carboxylic acids is 1. The van der Waals surface area contributed by atoms with E-state index in [4.69, 9.17) is 0 Å². The van der Waals surface area contributed by atoms with Crippen molar-refractivity contribution in [2.24, 2.45) is 0 Å². The van der Waals surface area contributed by atoms with Gasteiger partial charge in [0.1, 0.15) is 0 Å². The number of anilines is 1. The van der Waals surface area contributed by atoms with Crippen LogP contribution in [0.5, 0.6) is 0 Å². The SMILES string of the molecule is CC(NC(=O)Nc1ccc(S(=O)(=O)Cc2ccc3c(c2)CNC3)cc1)C1=CCCC=C1. The molecule has 1 aliphatic heterocycles. The highest BCUT2D eigenvalue weighted by atomic mass is 32.2. The van der Waals surface area contributed by atoms with Crippen LogP contribution in [0.2, 0.25) is 0 Å². The van der Waals surface area contributed by atoms with Crippen LogP contribution < -0.4 is 16.0 Å². The van der Waals surface area contributed by atoms with E-state index in [-0.39, 0.29) is 22.7 Å². The molecule has 1 heterocycles. The van der Waals surface area contributed by atoms with Gasteiger partial charge in [-0.05, 0) is 66.3 Å². The predicted molar refractivity (Wildman–Crippen MR) is 122 cm³/mol. The van der Waals surface area contributed by atoms with E-state index in [1.165, 1.54) is 17.7 Å². The van der Waals surface area contributed by atoms with Gasteiger partial charge in [0.2, 0.25) is 0 Å². The highest BCUT2D eigenvalue weighted by molar-refractivity contribution is 7.90. The van der Waals surface area contributed by atoms with E-state index in [1.807, 2.05) is 31.2 Å². The molecule has 1 aliphatic carbocycles. The zero-order valence-corrected chi connectivity index (χ0v) is 18.3. The summed E-state index contributed by atoms with van der Waals surface area (Å²) in [5, 5.41) is 8.93. The second-order valence-corrected chi connectivity index (χ2v) is 9.98. The lowest BCUT2D eigenvalue weighted by molar-refractivity contribution is 0.250. The van der Waals surface area contributed by atoms with Gasteiger partial charge in [-0.15, -0.1) is 0 Å². The van der Waals surface area contributed by atoms with Crippen molar-refractivity contribution in [2.75, 3.05) is 5.32 Å². The number of hydrogen-bond acceptors (Lipinski definition) is 4. The van der Waals surface area contributed by atoms with E-state index in [2.05, 4.69) is 28.1 Å². The fourth-order valence-electron chi connectivity index (χ4n) is 3.89. The summed E-state index contributed by atoms with van der Waals surface area (Å²) in [5.41, 5.74) is 4.79. The molecule has 6 nitrogen and oxygen atoms in total. The molecule has 0 fully saturated rings. The van der Waals surface area contributed by atoms with Crippen LogP contribution in [0.3, 0.4) is 0 Å². The van der Waals surface area contributed by atoms with Gasteiger partial charge in [0.25, 0.3) is 0 Å². The Balaban J connectivity index is 1.37. The molecule has 0 saturated carbocycles. The third kappa shape index (κ3) is 5.24. The van der Waals surface area contributed by atoms with Crippen LogP contribution in [0.4, 0.5) is 10.5 Å². The molecule has 0 bridgehead atoms. The van der Waals surface area contributed by atoms with Crippen LogP contribution in [-0.2, 0) is 28.7 Å². The number of urea groups is 1. The Morgan fingerprint density at radius 1 is 1.06 bits per heavy atom. The molecular formula is C24H27N3O3S. The molecule has 0 radical (unpaired) electrons. The highest BCUT2D eigenvalue weighted by Crippen LogP contribution is 2.22. The third-order valence-electron chi connectivity index (χ3n) is 5.60. The van der Waals surface area contributed by atoms with Crippen molar-refractivity contribution in [1.82, 2.24) is 10.6 Å². The Morgan fingerprint density at radius 2 is 1.84 bits per heavy atom. The molecular weight excluding hydrogens is 410 g/mol. The number of hydrogen-bond donors (Lipinski definition) is 3. The lowest BCUT2D eigenvalue weighted by Gasteiger charge is -2.18. The number of carbonyl (C=O) groups is 1. The Kier molecular flexibility index (Phi) is 6.25. The summed E-state index contributed by atoms with van der Waals surface area (Å²) in [7, 11) is -3.47. The molecule has 0 spiro atoms. The molecule has 7 heteroatoms. The van der Waals surface area contributed by atoms with E-state index >= 15 is 0 Å². The van der Waals surface area contributed by atoms with E-state index in [1.54, 1.807) is 12.1 Å².